The Kier molecular flexibility index (Phi) is 2.80. The summed E-state index contributed by atoms with van der Waals surface area (Å²) in [6, 6.07) is 13.5. The van der Waals surface area contributed by atoms with Crippen LogP contribution in [0.25, 0.3) is 6.08 Å². The number of carbonyl (C=O) groups is 1. The maximum absolute atomic E-state index is 12.2. The number of ketones is 1. The van der Waals surface area contributed by atoms with Gasteiger partial charge in [0.25, 0.3) is 0 Å². The van der Waals surface area contributed by atoms with Crippen molar-refractivity contribution in [3.05, 3.63) is 75.5 Å². The Morgan fingerprint density at radius 2 is 1.80 bits per heavy atom. The Balaban J connectivity index is 2.05. The Bertz CT molecular complexity index is 735. The second-order valence-electron chi connectivity index (χ2n) is 4.26. The lowest BCUT2D eigenvalue weighted by atomic mass is 10.1. The number of nitro groups is 1. The van der Waals surface area contributed by atoms with Gasteiger partial charge in [0.15, 0.2) is 5.76 Å². The van der Waals surface area contributed by atoms with Crippen molar-refractivity contribution in [3.63, 3.8) is 0 Å². The number of hydrogen-bond donors (Lipinski definition) is 0. The average Bonchev–Trinajstić information content (AvgIpc) is 2.77. The predicted octanol–water partition coefficient (Wildman–Crippen LogP) is 3.21. The molecule has 1 aliphatic rings. The Hall–Kier alpha value is -2.95. The zero-order valence-corrected chi connectivity index (χ0v) is 10.3. The molecule has 0 saturated carbocycles. The molecule has 20 heavy (non-hydrogen) atoms. The van der Waals surface area contributed by atoms with E-state index in [0.29, 0.717) is 0 Å². The number of ether oxygens (including phenoxy) is 1. The molecule has 0 spiro atoms. The van der Waals surface area contributed by atoms with E-state index in [1.54, 1.807) is 6.08 Å². The SMILES string of the molecule is O=C1/C(=C/c2ccccc2)Oc2c1cccc2[N+](=O)[O-]. The molecule has 0 N–H and O–H groups in total. The van der Waals surface area contributed by atoms with Gasteiger partial charge in [0, 0.05) is 6.07 Å². The van der Waals surface area contributed by atoms with Crippen LogP contribution in [-0.4, -0.2) is 10.7 Å². The molecular formula is C15H9NO4. The first-order valence-electron chi connectivity index (χ1n) is 5.93. The van der Waals surface area contributed by atoms with Crippen LogP contribution in [0.5, 0.6) is 5.75 Å². The Labute approximate surface area is 114 Å². The number of hydrogen-bond acceptors (Lipinski definition) is 4. The van der Waals surface area contributed by atoms with Crippen molar-refractivity contribution in [1.82, 2.24) is 0 Å². The van der Waals surface area contributed by atoms with Crippen molar-refractivity contribution in [3.8, 4) is 5.75 Å². The summed E-state index contributed by atoms with van der Waals surface area (Å²) in [5.41, 5.74) is 0.819. The monoisotopic (exact) mass is 267 g/mol. The molecule has 5 nitrogen and oxygen atoms in total. The molecule has 1 aliphatic heterocycles. The van der Waals surface area contributed by atoms with E-state index in [4.69, 9.17) is 4.74 Å². The number of nitrogens with zero attached hydrogens (tertiary/aromatic N) is 1. The van der Waals surface area contributed by atoms with E-state index in [9.17, 15) is 14.9 Å². The van der Waals surface area contributed by atoms with Gasteiger partial charge in [-0.25, -0.2) is 0 Å². The fourth-order valence-electron chi connectivity index (χ4n) is 2.04. The van der Waals surface area contributed by atoms with Gasteiger partial charge in [0.05, 0.1) is 10.5 Å². The minimum atomic E-state index is -0.558. The highest BCUT2D eigenvalue weighted by Gasteiger charge is 2.33. The lowest BCUT2D eigenvalue weighted by Gasteiger charge is -1.99. The van der Waals surface area contributed by atoms with Crippen LogP contribution >= 0.6 is 0 Å². The number of allylic oxidation sites excluding steroid dienone is 1. The van der Waals surface area contributed by atoms with Crippen LogP contribution in [0.4, 0.5) is 5.69 Å². The van der Waals surface area contributed by atoms with Gasteiger partial charge in [-0.1, -0.05) is 36.4 Å². The predicted molar refractivity (Wildman–Crippen MR) is 72.5 cm³/mol. The molecule has 0 amide bonds. The molecule has 0 radical (unpaired) electrons. The van der Waals surface area contributed by atoms with Gasteiger partial charge >= 0.3 is 5.69 Å². The summed E-state index contributed by atoms with van der Waals surface area (Å²) in [5.74, 6) is -0.224. The fraction of sp³-hybridized carbons (Fsp3) is 0. The first-order valence-corrected chi connectivity index (χ1v) is 5.93. The van der Waals surface area contributed by atoms with E-state index < -0.39 is 4.92 Å². The lowest BCUT2D eigenvalue weighted by molar-refractivity contribution is -0.385. The van der Waals surface area contributed by atoms with Gasteiger partial charge in [0.1, 0.15) is 0 Å². The minimum Gasteiger partial charge on any atom is -0.445 e. The summed E-state index contributed by atoms with van der Waals surface area (Å²) < 4.78 is 5.39. The van der Waals surface area contributed by atoms with Crippen LogP contribution in [0.2, 0.25) is 0 Å². The normalized spacial score (nSPS) is 15.0. The number of fused-ring (bicyclic) bond motifs is 1. The number of nitro benzene ring substituents is 1. The minimum absolute atomic E-state index is 0.0182. The maximum atomic E-state index is 12.2. The second kappa shape index (κ2) is 4.62. The van der Waals surface area contributed by atoms with Gasteiger partial charge in [-0.15, -0.1) is 0 Å². The third-order valence-electron chi connectivity index (χ3n) is 2.97. The molecule has 0 bridgehead atoms. The zero-order valence-electron chi connectivity index (χ0n) is 10.3. The van der Waals surface area contributed by atoms with Crippen molar-refractivity contribution in [1.29, 1.82) is 0 Å². The lowest BCUT2D eigenvalue weighted by Crippen LogP contribution is -1.97. The molecule has 0 aromatic heterocycles. The number of para-hydroxylation sites is 1. The number of carbonyl (C=O) groups excluding carboxylic acids is 1. The fourth-order valence-corrected chi connectivity index (χ4v) is 2.04. The Morgan fingerprint density at radius 1 is 1.05 bits per heavy atom. The van der Waals surface area contributed by atoms with Crippen LogP contribution in [0.1, 0.15) is 15.9 Å². The van der Waals surface area contributed by atoms with Gasteiger partial charge in [-0.3, -0.25) is 14.9 Å². The third-order valence-corrected chi connectivity index (χ3v) is 2.97. The van der Waals surface area contributed by atoms with E-state index in [2.05, 4.69) is 0 Å². The number of benzene rings is 2. The standard InChI is InChI=1S/C15H9NO4/c17-14-11-7-4-8-12(16(18)19)15(11)20-13(14)9-10-5-2-1-3-6-10/h1-9H/b13-9-. The van der Waals surface area contributed by atoms with Crippen LogP contribution in [0.15, 0.2) is 54.3 Å². The molecule has 0 saturated heterocycles. The summed E-state index contributed by atoms with van der Waals surface area (Å²) >= 11 is 0. The second-order valence-corrected chi connectivity index (χ2v) is 4.26. The highest BCUT2D eigenvalue weighted by atomic mass is 16.6. The van der Waals surface area contributed by atoms with Crippen molar-refractivity contribution >= 4 is 17.5 Å². The van der Waals surface area contributed by atoms with Crippen LogP contribution in [0.3, 0.4) is 0 Å². The molecule has 1 heterocycles. The van der Waals surface area contributed by atoms with Crippen LogP contribution in [-0.2, 0) is 0 Å². The highest BCUT2D eigenvalue weighted by molar-refractivity contribution is 6.15. The molecule has 0 unspecified atom stereocenters. The zero-order chi connectivity index (χ0) is 14.1. The van der Waals surface area contributed by atoms with E-state index in [-0.39, 0.29) is 28.5 Å². The molecular weight excluding hydrogens is 258 g/mol. The summed E-state index contributed by atoms with van der Waals surface area (Å²) in [6.07, 6.45) is 1.58. The van der Waals surface area contributed by atoms with Crippen LogP contribution in [0, 0.1) is 10.1 Å². The molecule has 5 heteroatoms. The van der Waals surface area contributed by atoms with Gasteiger partial charge in [0.2, 0.25) is 11.5 Å². The van der Waals surface area contributed by atoms with Crippen LogP contribution < -0.4 is 4.74 Å². The first-order chi connectivity index (χ1) is 9.66. The highest BCUT2D eigenvalue weighted by Crippen LogP contribution is 2.39. The van der Waals surface area contributed by atoms with Gasteiger partial charge < -0.3 is 4.74 Å². The van der Waals surface area contributed by atoms with Gasteiger partial charge in [-0.2, -0.15) is 0 Å². The van der Waals surface area contributed by atoms with Crippen molar-refractivity contribution in [2.75, 3.05) is 0 Å². The number of Topliss-reactive ketones (excluding diaryl/α,β-unsaturated/α-hetero) is 1. The topological polar surface area (TPSA) is 69.4 Å². The molecule has 0 aliphatic carbocycles. The van der Waals surface area contributed by atoms with E-state index in [0.717, 1.165) is 5.56 Å². The van der Waals surface area contributed by atoms with E-state index in [1.165, 1.54) is 18.2 Å². The smallest absolute Gasteiger partial charge is 0.312 e. The summed E-state index contributed by atoms with van der Waals surface area (Å²) in [6.45, 7) is 0. The third kappa shape index (κ3) is 1.95. The van der Waals surface area contributed by atoms with Gasteiger partial charge in [-0.05, 0) is 17.7 Å². The van der Waals surface area contributed by atoms with E-state index in [1.807, 2.05) is 30.3 Å². The summed E-state index contributed by atoms with van der Waals surface area (Å²) in [7, 11) is 0. The Morgan fingerprint density at radius 3 is 2.50 bits per heavy atom. The van der Waals surface area contributed by atoms with Crippen molar-refractivity contribution < 1.29 is 14.5 Å². The van der Waals surface area contributed by atoms with Crippen molar-refractivity contribution in [2.24, 2.45) is 0 Å². The summed E-state index contributed by atoms with van der Waals surface area (Å²) in [4.78, 5) is 22.5. The first kappa shape index (κ1) is 12.1. The van der Waals surface area contributed by atoms with E-state index >= 15 is 0 Å². The molecule has 98 valence electrons. The summed E-state index contributed by atoms with van der Waals surface area (Å²) in [5, 5.41) is 10.9. The maximum Gasteiger partial charge on any atom is 0.312 e. The number of rotatable bonds is 2. The molecule has 0 fully saturated rings. The average molecular weight is 267 g/mol. The molecule has 3 rings (SSSR count). The molecule has 2 aromatic carbocycles. The largest absolute Gasteiger partial charge is 0.445 e. The molecule has 2 aromatic rings. The quantitative estimate of drug-likeness (QED) is 0.476. The van der Waals surface area contributed by atoms with Crippen molar-refractivity contribution in [2.45, 2.75) is 0 Å². The molecule has 0 atom stereocenters.